The van der Waals surface area contributed by atoms with Crippen molar-refractivity contribution in [2.24, 2.45) is 0 Å². The zero-order chi connectivity index (χ0) is 18.7. The summed E-state index contributed by atoms with van der Waals surface area (Å²) < 4.78 is 22.5. The predicted molar refractivity (Wildman–Crippen MR) is 102 cm³/mol. The largest absolute Gasteiger partial charge is 0.454 e. The first kappa shape index (κ1) is 15.6. The highest BCUT2D eigenvalue weighted by Gasteiger charge is 2.27. The van der Waals surface area contributed by atoms with Crippen molar-refractivity contribution in [3.8, 4) is 34.1 Å². The van der Waals surface area contributed by atoms with Gasteiger partial charge in [-0.2, -0.15) is 0 Å². The van der Waals surface area contributed by atoms with E-state index in [4.69, 9.17) is 18.9 Å². The van der Waals surface area contributed by atoms with Crippen molar-refractivity contribution < 1.29 is 23.7 Å². The van der Waals surface area contributed by atoms with Gasteiger partial charge in [0, 0.05) is 17.5 Å². The Morgan fingerprint density at radius 1 is 0.857 bits per heavy atom. The second-order valence-electron chi connectivity index (χ2n) is 7.10. The fourth-order valence-electron chi connectivity index (χ4n) is 4.29. The van der Waals surface area contributed by atoms with Crippen molar-refractivity contribution in [2.45, 2.75) is 12.8 Å². The Bertz CT molecular complexity index is 1150. The molecule has 3 aromatic rings. The van der Waals surface area contributed by atoms with Gasteiger partial charge in [-0.05, 0) is 59.2 Å². The molecule has 0 saturated carbocycles. The van der Waals surface area contributed by atoms with Crippen LogP contribution in [0.3, 0.4) is 0 Å². The normalized spacial score (nSPS) is 16.6. The topological polar surface area (TPSA) is 66.0 Å². The van der Waals surface area contributed by atoms with E-state index in [0.29, 0.717) is 12.3 Å². The maximum atomic E-state index is 12.7. The number of hydrogen-bond acceptors (Lipinski definition) is 5. The summed E-state index contributed by atoms with van der Waals surface area (Å²) in [5.41, 5.74) is 3.73. The minimum Gasteiger partial charge on any atom is -0.454 e. The molecule has 0 fully saturated rings. The molecular formula is C22H17NO5. The van der Waals surface area contributed by atoms with E-state index in [1.165, 1.54) is 0 Å². The van der Waals surface area contributed by atoms with E-state index >= 15 is 0 Å². The van der Waals surface area contributed by atoms with Crippen LogP contribution in [-0.2, 0) is 6.42 Å². The molecule has 0 atom stereocenters. The maximum absolute atomic E-state index is 12.7. The number of amides is 1. The Kier molecular flexibility index (Phi) is 3.23. The van der Waals surface area contributed by atoms with E-state index in [2.05, 4.69) is 5.32 Å². The molecule has 3 heterocycles. The quantitative estimate of drug-likeness (QED) is 0.703. The first-order valence-electron chi connectivity index (χ1n) is 9.36. The summed E-state index contributed by atoms with van der Waals surface area (Å²) in [5, 5.41) is 4.92. The third-order valence-electron chi connectivity index (χ3n) is 5.54. The molecule has 1 N–H and O–H groups in total. The summed E-state index contributed by atoms with van der Waals surface area (Å²) in [7, 11) is 0. The number of carbonyl (C=O) groups excluding carboxylic acids is 1. The van der Waals surface area contributed by atoms with Gasteiger partial charge >= 0.3 is 0 Å². The predicted octanol–water partition coefficient (Wildman–Crippen LogP) is 3.64. The number of fused-ring (bicyclic) bond motifs is 5. The van der Waals surface area contributed by atoms with Gasteiger partial charge < -0.3 is 24.3 Å². The summed E-state index contributed by atoms with van der Waals surface area (Å²) in [5.74, 6) is 2.88. The third kappa shape index (κ3) is 2.17. The molecule has 3 aliphatic rings. The third-order valence-corrected chi connectivity index (χ3v) is 5.54. The first-order chi connectivity index (χ1) is 13.8. The summed E-state index contributed by atoms with van der Waals surface area (Å²) in [6.45, 7) is 1.09. The van der Waals surface area contributed by atoms with Crippen LogP contribution in [0.15, 0.2) is 36.4 Å². The molecule has 28 heavy (non-hydrogen) atoms. The van der Waals surface area contributed by atoms with E-state index < -0.39 is 0 Å². The number of carbonyl (C=O) groups is 1. The lowest BCUT2D eigenvalue weighted by molar-refractivity contribution is 0.0956. The van der Waals surface area contributed by atoms with Crippen LogP contribution >= 0.6 is 0 Å². The lowest BCUT2D eigenvalue weighted by Crippen LogP contribution is -2.22. The molecular weight excluding hydrogens is 358 g/mol. The Balaban J connectivity index is 1.72. The zero-order valence-corrected chi connectivity index (χ0v) is 15.0. The van der Waals surface area contributed by atoms with Crippen molar-refractivity contribution in [3.05, 3.63) is 47.5 Å². The van der Waals surface area contributed by atoms with E-state index in [-0.39, 0.29) is 19.5 Å². The minimum atomic E-state index is -0.0333. The van der Waals surface area contributed by atoms with Crippen molar-refractivity contribution in [3.63, 3.8) is 0 Å². The Morgan fingerprint density at radius 3 is 2.64 bits per heavy atom. The second-order valence-corrected chi connectivity index (χ2v) is 7.10. The molecule has 3 aromatic carbocycles. The number of rotatable bonds is 1. The van der Waals surface area contributed by atoms with Gasteiger partial charge in [-0.3, -0.25) is 4.79 Å². The van der Waals surface area contributed by atoms with Gasteiger partial charge in [0.15, 0.2) is 23.0 Å². The van der Waals surface area contributed by atoms with Crippen LogP contribution < -0.4 is 24.3 Å². The molecule has 1 amide bonds. The van der Waals surface area contributed by atoms with Gasteiger partial charge in [0.1, 0.15) is 0 Å². The van der Waals surface area contributed by atoms with Crippen LogP contribution in [0.1, 0.15) is 22.3 Å². The second kappa shape index (κ2) is 5.79. The number of ether oxygens (including phenoxy) is 4. The number of nitrogens with one attached hydrogen (secondary N) is 1. The molecule has 0 spiro atoms. The van der Waals surface area contributed by atoms with Gasteiger partial charge in [-0.25, -0.2) is 0 Å². The van der Waals surface area contributed by atoms with Crippen molar-refractivity contribution in [2.75, 3.05) is 20.1 Å². The van der Waals surface area contributed by atoms with Crippen molar-refractivity contribution >= 4 is 16.7 Å². The summed E-state index contributed by atoms with van der Waals surface area (Å²) in [6.07, 6.45) is 1.69. The highest BCUT2D eigenvalue weighted by molar-refractivity contribution is 6.10. The molecule has 0 radical (unpaired) electrons. The zero-order valence-electron chi connectivity index (χ0n) is 15.0. The van der Waals surface area contributed by atoms with E-state index in [0.717, 1.165) is 63.1 Å². The van der Waals surface area contributed by atoms with Crippen molar-refractivity contribution in [1.29, 1.82) is 0 Å². The van der Waals surface area contributed by atoms with Crippen LogP contribution in [0.4, 0.5) is 0 Å². The molecule has 140 valence electrons. The van der Waals surface area contributed by atoms with Crippen LogP contribution in [0.5, 0.6) is 23.0 Å². The average Bonchev–Trinajstić information content (AvgIpc) is 3.34. The highest BCUT2D eigenvalue weighted by atomic mass is 16.7. The van der Waals surface area contributed by atoms with Crippen molar-refractivity contribution in [1.82, 2.24) is 5.32 Å². The van der Waals surface area contributed by atoms with E-state index in [1.807, 2.05) is 36.4 Å². The van der Waals surface area contributed by atoms with E-state index in [1.54, 1.807) is 0 Å². The summed E-state index contributed by atoms with van der Waals surface area (Å²) in [6, 6.07) is 11.8. The van der Waals surface area contributed by atoms with Crippen LogP contribution in [0, 0.1) is 0 Å². The fourth-order valence-corrected chi connectivity index (χ4v) is 4.29. The minimum absolute atomic E-state index is 0.0333. The molecule has 0 aliphatic carbocycles. The van der Waals surface area contributed by atoms with E-state index in [9.17, 15) is 4.79 Å². The van der Waals surface area contributed by atoms with Gasteiger partial charge in [0.05, 0.1) is 0 Å². The molecule has 6 nitrogen and oxygen atoms in total. The smallest absolute Gasteiger partial charge is 0.251 e. The standard InChI is InChI=1S/C22H17NO5/c24-22-15-8-12-4-6-17-21(28-11-26-17)20(12)19(14(15)2-1-7-23-22)13-3-5-16-18(9-13)27-10-25-16/h3-6,8-9H,1-2,7,10-11H2,(H,23,24). The first-order valence-corrected chi connectivity index (χ1v) is 9.36. The van der Waals surface area contributed by atoms with Crippen LogP contribution in [-0.4, -0.2) is 26.0 Å². The van der Waals surface area contributed by atoms with Gasteiger partial charge in [-0.1, -0.05) is 12.1 Å². The molecule has 0 aromatic heterocycles. The lowest BCUT2D eigenvalue weighted by Gasteiger charge is -2.17. The highest BCUT2D eigenvalue weighted by Crippen LogP contribution is 2.48. The molecule has 0 saturated heterocycles. The maximum Gasteiger partial charge on any atom is 0.251 e. The van der Waals surface area contributed by atoms with Gasteiger partial charge in [0.2, 0.25) is 13.6 Å². The molecule has 0 bridgehead atoms. The summed E-state index contributed by atoms with van der Waals surface area (Å²) >= 11 is 0. The molecule has 3 aliphatic heterocycles. The molecule has 6 heteroatoms. The monoisotopic (exact) mass is 375 g/mol. The Morgan fingerprint density at radius 2 is 1.68 bits per heavy atom. The van der Waals surface area contributed by atoms with Gasteiger partial charge in [-0.15, -0.1) is 0 Å². The molecule has 0 unspecified atom stereocenters. The SMILES string of the molecule is O=C1NCCCc2c1cc1ccc3c(c1c2-c1ccc2c(c1)OCO2)OCO3. The summed E-state index contributed by atoms with van der Waals surface area (Å²) in [4.78, 5) is 12.7. The Hall–Kier alpha value is -3.41. The van der Waals surface area contributed by atoms with Crippen LogP contribution in [0.2, 0.25) is 0 Å². The number of benzene rings is 3. The van der Waals surface area contributed by atoms with Gasteiger partial charge in [0.25, 0.3) is 5.91 Å². The number of hydrogen-bond donors (Lipinski definition) is 1. The lowest BCUT2D eigenvalue weighted by atomic mass is 9.87. The average molecular weight is 375 g/mol. The van der Waals surface area contributed by atoms with Crippen LogP contribution in [0.25, 0.3) is 21.9 Å². The Labute approximate surface area is 161 Å². The molecule has 6 rings (SSSR count). The fraction of sp³-hybridized carbons (Fsp3) is 0.227.